The van der Waals surface area contributed by atoms with Gasteiger partial charge in [-0.15, -0.1) is 0 Å². The van der Waals surface area contributed by atoms with E-state index in [1.807, 2.05) is 11.0 Å². The third-order valence-corrected chi connectivity index (χ3v) is 4.83. The van der Waals surface area contributed by atoms with Crippen LogP contribution < -0.4 is 15.1 Å². The lowest BCUT2D eigenvalue weighted by Gasteiger charge is -2.33. The number of rotatable bonds is 4. The second kappa shape index (κ2) is 8.49. The summed E-state index contributed by atoms with van der Waals surface area (Å²) >= 11 is 0. The smallest absolute Gasteiger partial charge is 0.359 e. The van der Waals surface area contributed by atoms with Gasteiger partial charge in [0, 0.05) is 0 Å². The van der Waals surface area contributed by atoms with E-state index >= 15 is 0 Å². The number of quaternary nitrogens is 1. The summed E-state index contributed by atoms with van der Waals surface area (Å²) in [4.78, 5) is 15.0. The molecule has 0 radical (unpaired) electrons. The molecular formula is C20H19F4N4O+. The Morgan fingerprint density at radius 3 is 2.48 bits per heavy atom. The van der Waals surface area contributed by atoms with Gasteiger partial charge in [-0.25, -0.2) is 4.39 Å². The van der Waals surface area contributed by atoms with Crippen LogP contribution in [0.25, 0.3) is 0 Å². The quantitative estimate of drug-likeness (QED) is 0.763. The highest BCUT2D eigenvalue weighted by Gasteiger charge is 2.34. The van der Waals surface area contributed by atoms with Crippen LogP contribution in [-0.4, -0.2) is 38.6 Å². The van der Waals surface area contributed by atoms with Gasteiger partial charge in [-0.05, 0) is 24.3 Å². The van der Waals surface area contributed by atoms with Gasteiger partial charge in [0.25, 0.3) is 5.91 Å². The number of benzene rings is 2. The first-order valence-corrected chi connectivity index (χ1v) is 9.03. The average Bonchev–Trinajstić information content (AvgIpc) is 2.68. The van der Waals surface area contributed by atoms with Crippen molar-refractivity contribution in [2.24, 2.45) is 0 Å². The van der Waals surface area contributed by atoms with Crippen LogP contribution in [0, 0.1) is 17.1 Å². The SMILES string of the molecule is N#Cc1c(F)cccc1N1CC[NH+](CC(=O)Nc2ccccc2C(F)(F)F)CC1. The van der Waals surface area contributed by atoms with Crippen LogP contribution in [0.4, 0.5) is 28.9 Å². The standard InChI is InChI=1S/C20H18F4N4O/c21-16-5-3-7-18(14(16)12-25)28-10-8-27(9-11-28)13-19(29)26-17-6-2-1-4-15(17)20(22,23)24/h1-7H,8-11,13H2,(H,26,29)/p+1. The fraction of sp³-hybridized carbons (Fsp3) is 0.300. The number of para-hydroxylation sites is 1. The molecule has 1 amide bonds. The van der Waals surface area contributed by atoms with Crippen LogP contribution in [0.15, 0.2) is 42.5 Å². The fourth-order valence-electron chi connectivity index (χ4n) is 3.39. The molecular weight excluding hydrogens is 388 g/mol. The van der Waals surface area contributed by atoms with Crippen molar-refractivity contribution in [3.05, 3.63) is 59.4 Å². The molecule has 0 bridgehead atoms. The molecule has 2 aromatic rings. The summed E-state index contributed by atoms with van der Waals surface area (Å²) < 4.78 is 52.9. The van der Waals surface area contributed by atoms with E-state index in [0.29, 0.717) is 31.9 Å². The maximum atomic E-state index is 13.8. The molecule has 0 atom stereocenters. The molecule has 2 aromatic carbocycles. The molecule has 29 heavy (non-hydrogen) atoms. The Morgan fingerprint density at radius 1 is 1.14 bits per heavy atom. The largest absolute Gasteiger partial charge is 0.418 e. The van der Waals surface area contributed by atoms with E-state index < -0.39 is 23.5 Å². The molecule has 0 saturated carbocycles. The van der Waals surface area contributed by atoms with E-state index in [0.717, 1.165) is 11.0 Å². The van der Waals surface area contributed by atoms with Crippen molar-refractivity contribution in [3.8, 4) is 6.07 Å². The van der Waals surface area contributed by atoms with Crippen molar-refractivity contribution in [1.29, 1.82) is 5.26 Å². The van der Waals surface area contributed by atoms with Gasteiger partial charge in [0.2, 0.25) is 0 Å². The Morgan fingerprint density at radius 2 is 1.83 bits per heavy atom. The van der Waals surface area contributed by atoms with E-state index in [4.69, 9.17) is 5.26 Å². The second-order valence-electron chi connectivity index (χ2n) is 6.75. The number of carbonyl (C=O) groups is 1. The van der Waals surface area contributed by atoms with Crippen molar-refractivity contribution >= 4 is 17.3 Å². The maximum absolute atomic E-state index is 13.8. The number of nitrogens with one attached hydrogen (secondary N) is 2. The van der Waals surface area contributed by atoms with E-state index in [1.54, 1.807) is 6.07 Å². The number of nitriles is 1. The first-order chi connectivity index (χ1) is 13.8. The molecule has 0 spiro atoms. The zero-order valence-electron chi connectivity index (χ0n) is 15.4. The van der Waals surface area contributed by atoms with Crippen LogP contribution in [0.3, 0.4) is 0 Å². The van der Waals surface area contributed by atoms with Crippen molar-refractivity contribution in [2.75, 3.05) is 42.9 Å². The zero-order valence-corrected chi connectivity index (χ0v) is 15.4. The summed E-state index contributed by atoms with van der Waals surface area (Å²) in [5.41, 5.74) is -0.655. The number of carbonyl (C=O) groups excluding carboxylic acids is 1. The summed E-state index contributed by atoms with van der Waals surface area (Å²) in [6.45, 7) is 2.10. The molecule has 0 aliphatic carbocycles. The molecule has 9 heteroatoms. The minimum Gasteiger partial charge on any atom is -0.359 e. The number of halogens is 4. The lowest BCUT2D eigenvalue weighted by molar-refractivity contribution is -0.892. The Kier molecular flexibility index (Phi) is 6.03. The topological polar surface area (TPSA) is 60.6 Å². The van der Waals surface area contributed by atoms with Crippen LogP contribution in [-0.2, 0) is 11.0 Å². The van der Waals surface area contributed by atoms with Gasteiger partial charge in [-0.3, -0.25) is 4.79 Å². The predicted molar refractivity (Wildman–Crippen MR) is 99.0 cm³/mol. The molecule has 152 valence electrons. The summed E-state index contributed by atoms with van der Waals surface area (Å²) in [6, 6.07) is 11.2. The predicted octanol–water partition coefficient (Wildman–Crippen LogP) is 2.06. The molecule has 2 N–H and O–H groups in total. The first kappa shape index (κ1) is 20.6. The highest BCUT2D eigenvalue weighted by atomic mass is 19.4. The third kappa shape index (κ3) is 4.84. The molecule has 1 heterocycles. The number of alkyl halides is 3. The molecule has 1 aliphatic heterocycles. The number of hydrogen-bond acceptors (Lipinski definition) is 3. The minimum atomic E-state index is -4.55. The highest BCUT2D eigenvalue weighted by molar-refractivity contribution is 5.92. The van der Waals surface area contributed by atoms with Gasteiger partial charge in [-0.1, -0.05) is 18.2 Å². The molecule has 0 aromatic heterocycles. The van der Waals surface area contributed by atoms with Gasteiger partial charge in [0.15, 0.2) is 6.54 Å². The first-order valence-electron chi connectivity index (χ1n) is 9.03. The second-order valence-corrected chi connectivity index (χ2v) is 6.75. The summed E-state index contributed by atoms with van der Waals surface area (Å²) in [6.07, 6.45) is -4.55. The van der Waals surface area contributed by atoms with Gasteiger partial charge in [0.1, 0.15) is 17.4 Å². The van der Waals surface area contributed by atoms with E-state index in [1.165, 1.54) is 30.3 Å². The number of hydrogen-bond donors (Lipinski definition) is 2. The van der Waals surface area contributed by atoms with Crippen molar-refractivity contribution < 1.29 is 27.3 Å². The molecule has 1 saturated heterocycles. The maximum Gasteiger partial charge on any atom is 0.418 e. The number of piperazine rings is 1. The fourth-order valence-corrected chi connectivity index (χ4v) is 3.39. The third-order valence-electron chi connectivity index (χ3n) is 4.83. The van der Waals surface area contributed by atoms with Gasteiger partial charge >= 0.3 is 6.18 Å². The van der Waals surface area contributed by atoms with E-state index in [2.05, 4.69) is 5.32 Å². The lowest BCUT2D eigenvalue weighted by Crippen LogP contribution is -3.15. The number of amides is 1. The van der Waals surface area contributed by atoms with Crippen LogP contribution in [0.5, 0.6) is 0 Å². The van der Waals surface area contributed by atoms with E-state index in [-0.39, 0.29) is 17.8 Å². The molecule has 5 nitrogen and oxygen atoms in total. The Hall–Kier alpha value is -3.12. The van der Waals surface area contributed by atoms with Crippen molar-refractivity contribution in [2.45, 2.75) is 6.18 Å². The lowest BCUT2D eigenvalue weighted by atomic mass is 10.1. The van der Waals surface area contributed by atoms with Crippen LogP contribution >= 0.6 is 0 Å². The van der Waals surface area contributed by atoms with E-state index in [9.17, 15) is 22.4 Å². The number of anilines is 2. The monoisotopic (exact) mass is 407 g/mol. The summed E-state index contributed by atoms with van der Waals surface area (Å²) in [5, 5.41) is 11.5. The molecule has 0 unspecified atom stereocenters. The Labute approximate surface area is 165 Å². The zero-order chi connectivity index (χ0) is 21.0. The highest BCUT2D eigenvalue weighted by Crippen LogP contribution is 2.34. The summed E-state index contributed by atoms with van der Waals surface area (Å²) in [7, 11) is 0. The van der Waals surface area contributed by atoms with Gasteiger partial charge < -0.3 is 15.1 Å². The van der Waals surface area contributed by atoms with Crippen LogP contribution in [0.2, 0.25) is 0 Å². The van der Waals surface area contributed by atoms with Crippen molar-refractivity contribution in [1.82, 2.24) is 0 Å². The average molecular weight is 407 g/mol. The van der Waals surface area contributed by atoms with Crippen LogP contribution in [0.1, 0.15) is 11.1 Å². The van der Waals surface area contributed by atoms with Gasteiger partial charge in [0.05, 0.1) is 43.1 Å². The molecule has 1 fully saturated rings. The number of nitrogens with zero attached hydrogens (tertiary/aromatic N) is 2. The Bertz CT molecular complexity index is 931. The van der Waals surface area contributed by atoms with Crippen molar-refractivity contribution in [3.63, 3.8) is 0 Å². The molecule has 3 rings (SSSR count). The normalized spacial score (nSPS) is 15.1. The molecule has 1 aliphatic rings. The summed E-state index contributed by atoms with van der Waals surface area (Å²) in [5.74, 6) is -1.09. The van der Waals surface area contributed by atoms with Gasteiger partial charge in [-0.2, -0.15) is 18.4 Å². The minimum absolute atomic E-state index is 0.0162. The Balaban J connectivity index is 1.59.